The molecule has 0 unspecified atom stereocenters. The van der Waals surface area contributed by atoms with Gasteiger partial charge < -0.3 is 9.84 Å². The van der Waals surface area contributed by atoms with E-state index in [0.717, 1.165) is 56.2 Å². The Hall–Kier alpha value is -2.50. The Morgan fingerprint density at radius 3 is 2.50 bits per heavy atom. The molecular weight excluding hydrogens is 334 g/mol. The summed E-state index contributed by atoms with van der Waals surface area (Å²) in [6.07, 6.45) is 10.3. The van der Waals surface area contributed by atoms with Crippen LogP contribution in [0.3, 0.4) is 0 Å². The summed E-state index contributed by atoms with van der Waals surface area (Å²) in [5.41, 5.74) is 1.68. The van der Waals surface area contributed by atoms with Crippen LogP contribution in [0.25, 0.3) is 0 Å². The first-order valence-electron chi connectivity index (χ1n) is 9.08. The van der Waals surface area contributed by atoms with Crippen molar-refractivity contribution in [3.63, 3.8) is 0 Å². The molecule has 1 N–H and O–H groups in total. The number of ether oxygens (including phenoxy) is 1. The van der Waals surface area contributed by atoms with E-state index < -0.39 is 11.9 Å². The van der Waals surface area contributed by atoms with E-state index in [1.54, 1.807) is 12.3 Å². The van der Waals surface area contributed by atoms with Crippen molar-refractivity contribution in [2.75, 3.05) is 6.61 Å². The van der Waals surface area contributed by atoms with Crippen molar-refractivity contribution >= 4 is 17.7 Å². The van der Waals surface area contributed by atoms with Crippen molar-refractivity contribution in [2.24, 2.45) is 0 Å². The number of unbranched alkanes of at least 4 members (excludes halogenated alkanes) is 4. The van der Waals surface area contributed by atoms with Gasteiger partial charge in [0.2, 0.25) is 0 Å². The van der Waals surface area contributed by atoms with Crippen LogP contribution in [-0.4, -0.2) is 34.4 Å². The summed E-state index contributed by atoms with van der Waals surface area (Å²) in [6.45, 7) is 2.39. The third-order valence-corrected chi connectivity index (χ3v) is 3.83. The second-order valence-corrected chi connectivity index (χ2v) is 6.08. The molecular formula is C20H27NO5. The normalized spacial score (nSPS) is 10.8. The van der Waals surface area contributed by atoms with Crippen LogP contribution in [0.4, 0.5) is 0 Å². The molecule has 0 aliphatic carbocycles. The molecule has 0 bridgehead atoms. The van der Waals surface area contributed by atoms with Gasteiger partial charge in [-0.3, -0.25) is 9.78 Å². The predicted molar refractivity (Wildman–Crippen MR) is 98.0 cm³/mol. The highest BCUT2D eigenvalue weighted by molar-refractivity contribution is 5.94. The van der Waals surface area contributed by atoms with Crippen LogP contribution < -0.4 is 0 Å². The molecule has 0 amide bonds. The zero-order valence-electron chi connectivity index (χ0n) is 15.3. The number of carboxylic acids is 1. The predicted octanol–water partition coefficient (Wildman–Crippen LogP) is 3.74. The van der Waals surface area contributed by atoms with Crippen LogP contribution in [0.2, 0.25) is 0 Å². The molecule has 0 atom stereocenters. The van der Waals surface area contributed by atoms with Gasteiger partial charge in [0.1, 0.15) is 5.69 Å². The van der Waals surface area contributed by atoms with E-state index in [-0.39, 0.29) is 12.4 Å². The maximum absolute atomic E-state index is 12.1. The molecule has 26 heavy (non-hydrogen) atoms. The molecule has 1 aromatic heterocycles. The Kier molecular flexibility index (Phi) is 10.6. The van der Waals surface area contributed by atoms with Gasteiger partial charge >= 0.3 is 11.9 Å². The van der Waals surface area contributed by atoms with E-state index >= 15 is 0 Å². The van der Waals surface area contributed by atoms with E-state index in [1.165, 1.54) is 0 Å². The Bertz CT molecular complexity index is 607. The molecule has 1 heterocycles. The second-order valence-electron chi connectivity index (χ2n) is 6.08. The number of pyridine rings is 1. The molecule has 0 saturated heterocycles. The molecule has 6 nitrogen and oxygen atoms in total. The van der Waals surface area contributed by atoms with Gasteiger partial charge in [-0.15, -0.1) is 0 Å². The first kappa shape index (κ1) is 21.5. The van der Waals surface area contributed by atoms with Gasteiger partial charge in [-0.1, -0.05) is 32.3 Å². The van der Waals surface area contributed by atoms with Gasteiger partial charge in [0.05, 0.1) is 6.61 Å². The average molecular weight is 361 g/mol. The number of ketones is 1. The van der Waals surface area contributed by atoms with E-state index in [0.29, 0.717) is 18.5 Å². The van der Waals surface area contributed by atoms with E-state index in [2.05, 4.69) is 11.9 Å². The van der Waals surface area contributed by atoms with Gasteiger partial charge in [0.25, 0.3) is 0 Å². The monoisotopic (exact) mass is 361 g/mol. The lowest BCUT2D eigenvalue weighted by atomic mass is 10.1. The van der Waals surface area contributed by atoms with E-state index in [4.69, 9.17) is 9.84 Å². The van der Waals surface area contributed by atoms with Gasteiger partial charge in [0.15, 0.2) is 5.78 Å². The number of carboxylic acid groups (broad SMARTS) is 1. The van der Waals surface area contributed by atoms with Crippen LogP contribution >= 0.6 is 0 Å². The number of rotatable bonds is 13. The average Bonchev–Trinajstić information content (AvgIpc) is 2.64. The highest BCUT2D eigenvalue weighted by Crippen LogP contribution is 2.10. The molecule has 0 fully saturated rings. The summed E-state index contributed by atoms with van der Waals surface area (Å²) in [7, 11) is 0. The molecule has 1 rings (SSSR count). The van der Waals surface area contributed by atoms with Crippen molar-refractivity contribution in [2.45, 2.75) is 58.3 Å². The number of hydrogen-bond acceptors (Lipinski definition) is 5. The van der Waals surface area contributed by atoms with Crippen molar-refractivity contribution < 1.29 is 24.2 Å². The molecule has 0 radical (unpaired) electrons. The van der Waals surface area contributed by atoms with Crippen molar-refractivity contribution in [3.8, 4) is 0 Å². The minimum absolute atomic E-state index is 0.0530. The van der Waals surface area contributed by atoms with Gasteiger partial charge in [-0.05, 0) is 37.3 Å². The first-order valence-corrected chi connectivity index (χ1v) is 9.08. The number of aliphatic carboxylic acids is 1. The number of esters is 1. The molecule has 0 spiro atoms. The fraction of sp³-hybridized carbons (Fsp3) is 0.500. The Morgan fingerprint density at radius 2 is 1.85 bits per heavy atom. The van der Waals surface area contributed by atoms with Crippen LogP contribution in [0.1, 0.15) is 67.9 Å². The lowest BCUT2D eigenvalue weighted by Gasteiger charge is -2.04. The number of carbonyl (C=O) groups excluding carboxylic acids is 2. The van der Waals surface area contributed by atoms with Crippen molar-refractivity contribution in [1.29, 1.82) is 0 Å². The largest absolute Gasteiger partial charge is 0.478 e. The Morgan fingerprint density at radius 1 is 1.08 bits per heavy atom. The molecule has 0 saturated carbocycles. The summed E-state index contributed by atoms with van der Waals surface area (Å²) in [5, 5.41) is 8.38. The molecule has 0 aromatic carbocycles. The topological polar surface area (TPSA) is 93.6 Å². The minimum atomic E-state index is -1.18. The maximum Gasteiger partial charge on any atom is 0.331 e. The number of aromatic nitrogens is 1. The van der Waals surface area contributed by atoms with Crippen LogP contribution in [-0.2, 0) is 20.7 Å². The number of carbonyl (C=O) groups is 3. The summed E-state index contributed by atoms with van der Waals surface area (Å²) >= 11 is 0. The third kappa shape index (κ3) is 9.71. The Labute approximate surface area is 154 Å². The SMILES string of the molecule is CCCCc1ccc(C(=O)CCCCCCOC(=O)/C=C/C(=O)O)nc1. The summed E-state index contributed by atoms with van der Waals surface area (Å²) in [4.78, 5) is 37.7. The van der Waals surface area contributed by atoms with Crippen molar-refractivity contribution in [3.05, 3.63) is 41.7 Å². The summed E-state index contributed by atoms with van der Waals surface area (Å²) in [5.74, 6) is -1.79. The summed E-state index contributed by atoms with van der Waals surface area (Å²) in [6, 6.07) is 3.78. The third-order valence-electron chi connectivity index (χ3n) is 3.83. The molecule has 6 heteroatoms. The quantitative estimate of drug-likeness (QED) is 0.249. The highest BCUT2D eigenvalue weighted by atomic mass is 16.5. The maximum atomic E-state index is 12.1. The molecule has 0 aliphatic rings. The number of hydrogen-bond donors (Lipinski definition) is 1. The fourth-order valence-electron chi connectivity index (χ4n) is 2.35. The number of Topliss-reactive ketones (excluding diaryl/α,β-unsaturated/α-hetero) is 1. The molecule has 142 valence electrons. The Balaban J connectivity index is 2.13. The molecule has 0 aliphatic heterocycles. The standard InChI is InChI=1S/C20H27NO5/c1-2-3-8-16-10-11-17(21-15-16)18(22)9-6-4-5-7-14-26-20(25)13-12-19(23)24/h10-13,15H,2-9,14H2,1H3,(H,23,24)/b13-12+. The summed E-state index contributed by atoms with van der Waals surface area (Å²) < 4.78 is 4.86. The first-order chi connectivity index (χ1) is 12.5. The van der Waals surface area contributed by atoms with Crippen LogP contribution in [0, 0.1) is 0 Å². The van der Waals surface area contributed by atoms with Crippen LogP contribution in [0.5, 0.6) is 0 Å². The smallest absolute Gasteiger partial charge is 0.331 e. The van der Waals surface area contributed by atoms with Gasteiger partial charge in [-0.2, -0.15) is 0 Å². The van der Waals surface area contributed by atoms with Gasteiger partial charge in [-0.25, -0.2) is 9.59 Å². The number of nitrogens with zero attached hydrogens (tertiary/aromatic N) is 1. The van der Waals surface area contributed by atoms with Gasteiger partial charge in [0, 0.05) is 24.8 Å². The lowest BCUT2D eigenvalue weighted by Crippen LogP contribution is -2.04. The minimum Gasteiger partial charge on any atom is -0.478 e. The van der Waals surface area contributed by atoms with E-state index in [9.17, 15) is 14.4 Å². The number of aryl methyl sites for hydroxylation is 1. The van der Waals surface area contributed by atoms with Crippen molar-refractivity contribution in [1.82, 2.24) is 4.98 Å². The fourth-order valence-corrected chi connectivity index (χ4v) is 2.35. The highest BCUT2D eigenvalue weighted by Gasteiger charge is 2.07. The second kappa shape index (κ2) is 12.8. The van der Waals surface area contributed by atoms with Crippen LogP contribution in [0.15, 0.2) is 30.5 Å². The molecule has 1 aromatic rings. The zero-order valence-corrected chi connectivity index (χ0v) is 15.3. The van der Waals surface area contributed by atoms with E-state index in [1.807, 2.05) is 6.07 Å². The lowest BCUT2D eigenvalue weighted by molar-refractivity contribution is -0.138. The zero-order chi connectivity index (χ0) is 19.2.